The fourth-order valence-electron chi connectivity index (χ4n) is 3.47. The molecule has 8 heteroatoms. The van der Waals surface area contributed by atoms with Crippen LogP contribution in [0.5, 0.6) is 0 Å². The highest BCUT2D eigenvalue weighted by Crippen LogP contribution is 2.31. The Labute approximate surface area is 168 Å². The molecule has 0 bridgehead atoms. The van der Waals surface area contributed by atoms with Crippen molar-refractivity contribution in [1.82, 2.24) is 15.1 Å². The molecule has 28 heavy (non-hydrogen) atoms. The number of para-hydroxylation sites is 1. The van der Waals surface area contributed by atoms with Gasteiger partial charge in [0, 0.05) is 24.9 Å². The number of hydrogen-bond donors (Lipinski definition) is 1. The van der Waals surface area contributed by atoms with Crippen molar-refractivity contribution in [2.24, 2.45) is 5.92 Å². The van der Waals surface area contributed by atoms with Gasteiger partial charge in [-0.1, -0.05) is 37.3 Å². The predicted octanol–water partition coefficient (Wildman–Crippen LogP) is 4.07. The molecule has 1 N–H and O–H groups in total. The lowest BCUT2D eigenvalue weighted by molar-refractivity contribution is -0.136. The van der Waals surface area contributed by atoms with E-state index in [1.165, 1.54) is 23.5 Å². The molecule has 1 aromatic carbocycles. The Morgan fingerprint density at radius 2 is 1.89 bits per heavy atom. The molecular weight excluding hydrogens is 379 g/mol. The van der Waals surface area contributed by atoms with Gasteiger partial charge in [0.25, 0.3) is 5.91 Å². The maximum Gasteiger partial charge on any atom is 0.286 e. The van der Waals surface area contributed by atoms with E-state index in [9.17, 15) is 14.0 Å². The van der Waals surface area contributed by atoms with E-state index in [4.69, 9.17) is 0 Å². The molecule has 1 aliphatic rings. The number of anilines is 1. The molecule has 1 saturated heterocycles. The van der Waals surface area contributed by atoms with Crippen molar-refractivity contribution < 1.29 is 14.0 Å². The highest BCUT2D eigenvalue weighted by Gasteiger charge is 2.29. The number of aromatic nitrogens is 2. The molecule has 2 amide bonds. The molecule has 0 spiro atoms. The lowest BCUT2D eigenvalue weighted by atomic mass is 9.95. The molecule has 1 aliphatic heterocycles. The van der Waals surface area contributed by atoms with Gasteiger partial charge >= 0.3 is 0 Å². The van der Waals surface area contributed by atoms with Gasteiger partial charge in [0.05, 0.1) is 5.69 Å². The third kappa shape index (κ3) is 4.55. The van der Waals surface area contributed by atoms with Crippen LogP contribution in [0, 0.1) is 11.7 Å². The third-order valence-corrected chi connectivity index (χ3v) is 6.33. The summed E-state index contributed by atoms with van der Waals surface area (Å²) < 4.78 is 13.7. The molecule has 0 radical (unpaired) electrons. The number of carbonyl (C=O) groups is 2. The summed E-state index contributed by atoms with van der Waals surface area (Å²) in [4.78, 5) is 26.8. The van der Waals surface area contributed by atoms with E-state index in [1.54, 1.807) is 12.1 Å². The van der Waals surface area contributed by atoms with E-state index in [0.717, 1.165) is 30.7 Å². The number of benzene rings is 1. The Hall–Kier alpha value is -2.35. The van der Waals surface area contributed by atoms with E-state index in [1.807, 2.05) is 18.7 Å². The number of nitrogens with one attached hydrogen (secondary N) is 1. The van der Waals surface area contributed by atoms with Crippen LogP contribution in [-0.2, 0) is 4.79 Å². The maximum atomic E-state index is 13.7. The predicted molar refractivity (Wildman–Crippen MR) is 107 cm³/mol. The molecule has 3 rings (SSSR count). The van der Waals surface area contributed by atoms with Gasteiger partial charge in [-0.15, -0.1) is 10.2 Å². The van der Waals surface area contributed by atoms with Crippen molar-refractivity contribution in [3.05, 3.63) is 40.1 Å². The van der Waals surface area contributed by atoms with Gasteiger partial charge in [-0.3, -0.25) is 9.59 Å². The summed E-state index contributed by atoms with van der Waals surface area (Å²) in [7, 11) is 0. The van der Waals surface area contributed by atoms with Crippen molar-refractivity contribution in [3.63, 3.8) is 0 Å². The Balaban J connectivity index is 1.58. The highest BCUT2D eigenvalue weighted by atomic mass is 32.1. The van der Waals surface area contributed by atoms with Crippen LogP contribution in [-0.4, -0.2) is 40.0 Å². The normalized spacial score (nSPS) is 15.1. The zero-order valence-electron chi connectivity index (χ0n) is 16.2. The van der Waals surface area contributed by atoms with Gasteiger partial charge in [0.15, 0.2) is 0 Å². The lowest BCUT2D eigenvalue weighted by Crippen LogP contribution is -2.41. The van der Waals surface area contributed by atoms with Crippen LogP contribution >= 0.6 is 11.3 Å². The standard InChI is InChI=1S/C20H25FN4O2S/c1-3-13(4-2)20(27)25-11-9-14(10-12-25)18-23-24-19(28-18)17(26)22-16-8-6-5-7-15(16)21/h5-8,13-14H,3-4,9-12H2,1-2H3,(H,22,26). The number of hydrogen-bond acceptors (Lipinski definition) is 5. The molecule has 1 fully saturated rings. The van der Waals surface area contributed by atoms with E-state index in [2.05, 4.69) is 15.5 Å². The topological polar surface area (TPSA) is 75.2 Å². The molecule has 2 heterocycles. The van der Waals surface area contributed by atoms with Crippen molar-refractivity contribution in [3.8, 4) is 0 Å². The largest absolute Gasteiger partial charge is 0.342 e. The molecule has 0 unspecified atom stereocenters. The first-order valence-electron chi connectivity index (χ1n) is 9.71. The lowest BCUT2D eigenvalue weighted by Gasteiger charge is -2.33. The second-order valence-electron chi connectivity index (χ2n) is 6.99. The third-order valence-electron chi connectivity index (χ3n) is 5.25. The minimum atomic E-state index is -0.491. The first-order valence-corrected chi connectivity index (χ1v) is 10.5. The van der Waals surface area contributed by atoms with Crippen molar-refractivity contribution in [1.29, 1.82) is 0 Å². The number of halogens is 1. The number of piperidine rings is 1. The van der Waals surface area contributed by atoms with Crippen LogP contribution in [0.4, 0.5) is 10.1 Å². The summed E-state index contributed by atoms with van der Waals surface area (Å²) in [5.74, 6) is -0.416. The molecule has 0 saturated carbocycles. The molecule has 0 atom stereocenters. The Kier molecular flexibility index (Phi) is 6.72. The van der Waals surface area contributed by atoms with E-state index < -0.39 is 11.7 Å². The van der Waals surface area contributed by atoms with Gasteiger partial charge in [0.2, 0.25) is 10.9 Å². The number of carbonyl (C=O) groups excluding carboxylic acids is 2. The maximum absolute atomic E-state index is 13.7. The summed E-state index contributed by atoms with van der Waals surface area (Å²) in [5, 5.41) is 11.7. The SMILES string of the molecule is CCC(CC)C(=O)N1CCC(c2nnc(C(=O)Nc3ccccc3F)s2)CC1. The Morgan fingerprint density at radius 3 is 2.54 bits per heavy atom. The van der Waals surface area contributed by atoms with Gasteiger partial charge in [-0.25, -0.2) is 4.39 Å². The summed E-state index contributed by atoms with van der Waals surface area (Å²) >= 11 is 1.24. The van der Waals surface area contributed by atoms with Gasteiger partial charge in [-0.2, -0.15) is 0 Å². The summed E-state index contributed by atoms with van der Waals surface area (Å²) in [6.07, 6.45) is 3.36. The van der Waals surface area contributed by atoms with Crippen molar-refractivity contribution >= 4 is 28.8 Å². The average Bonchev–Trinajstić information content (AvgIpc) is 3.21. The molecule has 6 nitrogen and oxygen atoms in total. The summed E-state index contributed by atoms with van der Waals surface area (Å²) in [6.45, 7) is 5.51. The van der Waals surface area contributed by atoms with Gasteiger partial charge in [0.1, 0.15) is 10.8 Å². The molecule has 150 valence electrons. The van der Waals surface area contributed by atoms with Crippen LogP contribution < -0.4 is 5.32 Å². The van der Waals surface area contributed by atoms with Crippen molar-refractivity contribution in [2.45, 2.75) is 45.4 Å². The number of nitrogens with zero attached hydrogens (tertiary/aromatic N) is 3. The smallest absolute Gasteiger partial charge is 0.286 e. The van der Waals surface area contributed by atoms with Crippen LogP contribution in [0.1, 0.15) is 60.3 Å². The fourth-order valence-corrected chi connectivity index (χ4v) is 4.38. The molecule has 2 aromatic rings. The average molecular weight is 405 g/mol. The van der Waals surface area contributed by atoms with Crippen LogP contribution in [0.15, 0.2) is 24.3 Å². The Bertz CT molecular complexity index is 829. The highest BCUT2D eigenvalue weighted by molar-refractivity contribution is 7.13. The first kappa shape index (κ1) is 20.4. The quantitative estimate of drug-likeness (QED) is 0.787. The second-order valence-corrected chi connectivity index (χ2v) is 8.00. The summed E-state index contributed by atoms with van der Waals surface area (Å²) in [6, 6.07) is 6.01. The number of amides is 2. The number of likely N-dealkylation sites (tertiary alicyclic amines) is 1. The van der Waals surface area contributed by atoms with Crippen LogP contribution in [0.2, 0.25) is 0 Å². The monoisotopic (exact) mass is 404 g/mol. The van der Waals surface area contributed by atoms with Gasteiger partial charge < -0.3 is 10.2 Å². The summed E-state index contributed by atoms with van der Waals surface area (Å²) in [5.41, 5.74) is 0.123. The molecule has 1 aromatic heterocycles. The van der Waals surface area contributed by atoms with Crippen molar-refractivity contribution in [2.75, 3.05) is 18.4 Å². The first-order chi connectivity index (χ1) is 13.5. The van der Waals surface area contributed by atoms with E-state index in [-0.39, 0.29) is 28.4 Å². The molecular formula is C20H25FN4O2S. The zero-order chi connectivity index (χ0) is 20.1. The van der Waals surface area contributed by atoms with E-state index in [0.29, 0.717) is 13.1 Å². The van der Waals surface area contributed by atoms with E-state index >= 15 is 0 Å². The zero-order valence-corrected chi connectivity index (χ0v) is 17.0. The Morgan fingerprint density at radius 1 is 1.21 bits per heavy atom. The van der Waals surface area contributed by atoms with Crippen LogP contribution in [0.25, 0.3) is 0 Å². The second kappa shape index (κ2) is 9.23. The molecule has 0 aliphatic carbocycles. The minimum absolute atomic E-state index is 0.103. The van der Waals surface area contributed by atoms with Crippen LogP contribution in [0.3, 0.4) is 0 Å². The fraction of sp³-hybridized carbons (Fsp3) is 0.500. The number of rotatable bonds is 6. The minimum Gasteiger partial charge on any atom is -0.342 e. The van der Waals surface area contributed by atoms with Gasteiger partial charge in [-0.05, 0) is 37.8 Å².